The second-order valence-corrected chi connectivity index (χ2v) is 8.38. The predicted octanol–water partition coefficient (Wildman–Crippen LogP) is 2.22. The smallest absolute Gasteiger partial charge is 0.276 e. The Morgan fingerprint density at radius 1 is 1.00 bits per heavy atom. The Hall–Kier alpha value is -2.64. The molecule has 2 aromatic carbocycles. The number of rotatable bonds is 3. The van der Waals surface area contributed by atoms with Crippen LogP contribution in [0.3, 0.4) is 0 Å². The molecule has 2 heterocycles. The van der Waals surface area contributed by atoms with Crippen molar-refractivity contribution >= 4 is 10.0 Å². The standard InChI is InChI=1S/C19H19N3O3S/c1-14-7-9-16(10-8-14)26(24,25)21-12-11-18-17(13-21)19(23)22(20-18)15-5-3-2-4-6-15/h2-10,20H,11-13H2,1H3. The van der Waals surface area contributed by atoms with Gasteiger partial charge in [-0.25, -0.2) is 13.1 Å². The molecule has 0 unspecified atom stereocenters. The molecule has 1 aliphatic heterocycles. The highest BCUT2D eigenvalue weighted by atomic mass is 32.2. The van der Waals surface area contributed by atoms with Crippen LogP contribution in [0.4, 0.5) is 0 Å². The van der Waals surface area contributed by atoms with Crippen LogP contribution in [-0.2, 0) is 23.0 Å². The molecule has 1 N–H and O–H groups in total. The van der Waals surface area contributed by atoms with Gasteiger partial charge in [0.15, 0.2) is 0 Å². The number of H-pyrrole nitrogens is 1. The van der Waals surface area contributed by atoms with Crippen LogP contribution in [0.5, 0.6) is 0 Å². The van der Waals surface area contributed by atoms with Crippen LogP contribution < -0.4 is 5.56 Å². The van der Waals surface area contributed by atoms with E-state index < -0.39 is 10.0 Å². The van der Waals surface area contributed by atoms with Crippen LogP contribution in [0, 0.1) is 6.92 Å². The first kappa shape index (κ1) is 16.8. The molecule has 0 atom stereocenters. The van der Waals surface area contributed by atoms with Gasteiger partial charge < -0.3 is 0 Å². The topological polar surface area (TPSA) is 75.2 Å². The number of nitrogens with zero attached hydrogens (tertiary/aromatic N) is 2. The maximum Gasteiger partial charge on any atom is 0.276 e. The average Bonchev–Trinajstić information content (AvgIpc) is 2.99. The highest BCUT2D eigenvalue weighted by molar-refractivity contribution is 7.89. The Bertz CT molecular complexity index is 1100. The number of para-hydroxylation sites is 1. The Labute approximate surface area is 151 Å². The van der Waals surface area contributed by atoms with Gasteiger partial charge in [-0.2, -0.15) is 4.31 Å². The van der Waals surface area contributed by atoms with Crippen molar-refractivity contribution in [2.24, 2.45) is 0 Å². The third kappa shape index (κ3) is 2.79. The lowest BCUT2D eigenvalue weighted by molar-refractivity contribution is 0.389. The van der Waals surface area contributed by atoms with Gasteiger partial charge in [0.2, 0.25) is 10.0 Å². The molecule has 0 radical (unpaired) electrons. The summed E-state index contributed by atoms with van der Waals surface area (Å²) in [6.07, 6.45) is 0.482. The van der Waals surface area contributed by atoms with E-state index in [0.717, 1.165) is 16.9 Å². The summed E-state index contributed by atoms with van der Waals surface area (Å²) in [6, 6.07) is 16.0. The molecule has 0 saturated carbocycles. The summed E-state index contributed by atoms with van der Waals surface area (Å²) in [5.74, 6) is 0. The molecule has 0 aliphatic carbocycles. The summed E-state index contributed by atoms with van der Waals surface area (Å²) in [6.45, 7) is 2.34. The minimum absolute atomic E-state index is 0.0840. The van der Waals surface area contributed by atoms with Gasteiger partial charge in [-0.1, -0.05) is 35.9 Å². The maximum atomic E-state index is 12.9. The van der Waals surface area contributed by atoms with Gasteiger partial charge >= 0.3 is 0 Å². The van der Waals surface area contributed by atoms with Crippen LogP contribution >= 0.6 is 0 Å². The number of benzene rings is 2. The van der Waals surface area contributed by atoms with Crippen molar-refractivity contribution in [3.63, 3.8) is 0 Å². The highest BCUT2D eigenvalue weighted by Crippen LogP contribution is 2.23. The Kier molecular flexibility index (Phi) is 4.05. The zero-order valence-corrected chi connectivity index (χ0v) is 15.2. The minimum atomic E-state index is -3.62. The summed E-state index contributed by atoms with van der Waals surface area (Å²) >= 11 is 0. The van der Waals surface area contributed by atoms with Crippen molar-refractivity contribution in [3.8, 4) is 5.69 Å². The molecule has 1 aromatic heterocycles. The van der Waals surface area contributed by atoms with E-state index >= 15 is 0 Å². The average molecular weight is 369 g/mol. The van der Waals surface area contributed by atoms with Gasteiger partial charge in [-0.05, 0) is 31.2 Å². The van der Waals surface area contributed by atoms with E-state index in [4.69, 9.17) is 0 Å². The number of aryl methyl sites for hydroxylation is 1. The van der Waals surface area contributed by atoms with Crippen molar-refractivity contribution in [1.29, 1.82) is 0 Å². The number of sulfonamides is 1. The van der Waals surface area contributed by atoms with Crippen molar-refractivity contribution in [2.45, 2.75) is 24.8 Å². The molecule has 4 rings (SSSR count). The highest BCUT2D eigenvalue weighted by Gasteiger charge is 2.31. The third-order valence-corrected chi connectivity index (χ3v) is 6.55. The molecule has 0 spiro atoms. The second kappa shape index (κ2) is 6.26. The summed E-state index contributed by atoms with van der Waals surface area (Å²) in [7, 11) is -3.62. The van der Waals surface area contributed by atoms with Crippen LogP contribution in [-0.4, -0.2) is 29.0 Å². The summed E-state index contributed by atoms with van der Waals surface area (Å²) < 4.78 is 28.7. The van der Waals surface area contributed by atoms with Crippen molar-refractivity contribution in [2.75, 3.05) is 6.54 Å². The molecule has 134 valence electrons. The molecule has 0 saturated heterocycles. The summed E-state index contributed by atoms with van der Waals surface area (Å²) in [5.41, 5.74) is 2.85. The fourth-order valence-corrected chi connectivity index (χ4v) is 4.61. The molecular formula is C19H19N3O3S. The van der Waals surface area contributed by atoms with E-state index in [2.05, 4.69) is 5.10 Å². The molecule has 1 aliphatic rings. The minimum Gasteiger partial charge on any atom is -0.295 e. The number of hydrogen-bond acceptors (Lipinski definition) is 3. The van der Waals surface area contributed by atoms with Crippen LogP contribution in [0.15, 0.2) is 64.3 Å². The number of aromatic amines is 1. The largest absolute Gasteiger partial charge is 0.295 e. The fraction of sp³-hybridized carbons (Fsp3) is 0.211. The lowest BCUT2D eigenvalue weighted by Gasteiger charge is -2.25. The number of fused-ring (bicyclic) bond motifs is 1. The van der Waals surface area contributed by atoms with E-state index in [-0.39, 0.29) is 17.0 Å². The van der Waals surface area contributed by atoms with Crippen molar-refractivity contribution in [1.82, 2.24) is 14.1 Å². The first-order valence-corrected chi connectivity index (χ1v) is 9.86. The van der Waals surface area contributed by atoms with Gasteiger partial charge in [0.05, 0.1) is 16.1 Å². The van der Waals surface area contributed by atoms with Gasteiger partial charge in [0, 0.05) is 25.2 Å². The molecule has 7 heteroatoms. The zero-order chi connectivity index (χ0) is 18.3. The number of hydrogen-bond donors (Lipinski definition) is 1. The van der Waals surface area contributed by atoms with Crippen molar-refractivity contribution < 1.29 is 8.42 Å². The number of nitrogens with one attached hydrogen (secondary N) is 1. The predicted molar refractivity (Wildman–Crippen MR) is 98.9 cm³/mol. The van der Waals surface area contributed by atoms with Crippen molar-refractivity contribution in [3.05, 3.63) is 81.8 Å². The van der Waals surface area contributed by atoms with E-state index in [1.165, 1.54) is 8.99 Å². The second-order valence-electron chi connectivity index (χ2n) is 6.45. The fourth-order valence-electron chi connectivity index (χ4n) is 3.20. The lowest BCUT2D eigenvalue weighted by Crippen LogP contribution is -2.37. The summed E-state index contributed by atoms with van der Waals surface area (Å²) in [4.78, 5) is 13.0. The normalized spacial score (nSPS) is 15.0. The zero-order valence-electron chi connectivity index (χ0n) is 14.3. The molecule has 3 aromatic rings. The molecule has 26 heavy (non-hydrogen) atoms. The van der Waals surface area contributed by atoms with E-state index in [9.17, 15) is 13.2 Å². The van der Waals surface area contributed by atoms with Gasteiger partial charge in [-0.15, -0.1) is 0 Å². The summed E-state index contributed by atoms with van der Waals surface area (Å²) in [5, 5.41) is 3.12. The van der Waals surface area contributed by atoms with Crippen LogP contribution in [0.2, 0.25) is 0 Å². The lowest BCUT2D eigenvalue weighted by atomic mass is 10.1. The molecule has 0 bridgehead atoms. The van der Waals surface area contributed by atoms with Gasteiger partial charge in [0.1, 0.15) is 0 Å². The number of aromatic nitrogens is 2. The third-order valence-electron chi connectivity index (χ3n) is 4.69. The van der Waals surface area contributed by atoms with E-state index in [1.807, 2.05) is 37.3 Å². The SMILES string of the molecule is Cc1ccc(S(=O)(=O)N2CCc3[nH]n(-c4ccccc4)c(=O)c3C2)cc1. The Morgan fingerprint density at radius 2 is 1.69 bits per heavy atom. The van der Waals surface area contributed by atoms with Crippen LogP contribution in [0.25, 0.3) is 5.69 Å². The molecule has 6 nitrogen and oxygen atoms in total. The first-order chi connectivity index (χ1) is 12.5. The van der Waals surface area contributed by atoms with E-state index in [0.29, 0.717) is 18.5 Å². The van der Waals surface area contributed by atoms with Gasteiger partial charge in [0.25, 0.3) is 5.56 Å². The molecule has 0 amide bonds. The quantitative estimate of drug-likeness (QED) is 0.769. The monoisotopic (exact) mass is 369 g/mol. The molecule has 0 fully saturated rings. The van der Waals surface area contributed by atoms with Gasteiger partial charge in [-0.3, -0.25) is 9.89 Å². The van der Waals surface area contributed by atoms with Crippen LogP contribution in [0.1, 0.15) is 16.8 Å². The maximum absolute atomic E-state index is 12.9. The Morgan fingerprint density at radius 3 is 2.38 bits per heavy atom. The molecular weight excluding hydrogens is 350 g/mol. The Balaban J connectivity index is 1.69. The van der Waals surface area contributed by atoms with E-state index in [1.54, 1.807) is 24.3 Å². The first-order valence-electron chi connectivity index (χ1n) is 8.42.